The Morgan fingerprint density at radius 1 is 1.03 bits per heavy atom. The van der Waals surface area contributed by atoms with Crippen molar-refractivity contribution in [2.24, 2.45) is 0 Å². The summed E-state index contributed by atoms with van der Waals surface area (Å²) in [5.74, 6) is -1.10. The van der Waals surface area contributed by atoms with E-state index in [-0.39, 0.29) is 12.6 Å². The second kappa shape index (κ2) is 9.61. The normalized spacial score (nSPS) is 11.9. The van der Waals surface area contributed by atoms with Crippen LogP contribution < -0.4 is 15.4 Å². The van der Waals surface area contributed by atoms with E-state index in [4.69, 9.17) is 16.3 Å². The Balaban J connectivity index is 1.73. The molecule has 2 N–H and O–H groups in total. The Morgan fingerprint density at radius 2 is 1.77 bits per heavy atom. The summed E-state index contributed by atoms with van der Waals surface area (Å²) in [5.41, 5.74) is 1.42. The Morgan fingerprint density at radius 3 is 2.50 bits per heavy atom. The van der Waals surface area contributed by atoms with Gasteiger partial charge in [-0.1, -0.05) is 54.1 Å². The Hall–Kier alpha value is -3.09. The molecular formula is C23H24ClN3O3. The van der Waals surface area contributed by atoms with Crippen LogP contribution in [0.1, 0.15) is 11.6 Å². The van der Waals surface area contributed by atoms with Crippen LogP contribution in [0.5, 0.6) is 5.75 Å². The number of anilines is 1. The summed E-state index contributed by atoms with van der Waals surface area (Å²) in [5, 5.41) is 7.95. The van der Waals surface area contributed by atoms with Gasteiger partial charge in [-0.3, -0.25) is 9.59 Å². The predicted octanol–water partition coefficient (Wildman–Crippen LogP) is 3.86. The number of nitrogens with zero attached hydrogens (tertiary/aromatic N) is 1. The van der Waals surface area contributed by atoms with Gasteiger partial charge in [0.15, 0.2) is 0 Å². The summed E-state index contributed by atoms with van der Waals surface area (Å²) >= 11 is 5.98. The van der Waals surface area contributed by atoms with Crippen LogP contribution in [0.15, 0.2) is 60.7 Å². The van der Waals surface area contributed by atoms with Crippen LogP contribution in [-0.2, 0) is 9.59 Å². The first-order chi connectivity index (χ1) is 14.4. The molecule has 7 heteroatoms. The van der Waals surface area contributed by atoms with Gasteiger partial charge in [-0.05, 0) is 48.6 Å². The monoisotopic (exact) mass is 425 g/mol. The number of benzene rings is 3. The van der Waals surface area contributed by atoms with E-state index in [0.29, 0.717) is 16.5 Å². The smallest absolute Gasteiger partial charge is 0.313 e. The first-order valence-corrected chi connectivity index (χ1v) is 9.85. The fourth-order valence-electron chi connectivity index (χ4n) is 3.34. The third-order valence-corrected chi connectivity index (χ3v) is 5.11. The number of likely N-dealkylation sites (N-methyl/N-ethyl adjacent to an activating group) is 1. The number of ether oxygens (including phenoxy) is 1. The standard InChI is InChI=1S/C23H24ClN3O3/c1-27(2)20(18-10-6-8-15-7-4-5-9-17(15)18)14-25-22(28)23(29)26-19-13-16(24)11-12-21(19)30-3/h4-13,20H,14H2,1-3H3,(H,25,28)(H,26,29)/t20-/m0/s1. The van der Waals surface area contributed by atoms with Gasteiger partial charge in [-0.25, -0.2) is 0 Å². The molecule has 0 heterocycles. The number of fused-ring (bicyclic) bond motifs is 1. The second-order valence-corrected chi connectivity index (χ2v) is 7.49. The van der Waals surface area contributed by atoms with Crippen molar-refractivity contribution < 1.29 is 14.3 Å². The fraction of sp³-hybridized carbons (Fsp3) is 0.217. The average Bonchev–Trinajstić information content (AvgIpc) is 2.73. The van der Waals surface area contributed by atoms with Crippen LogP contribution in [-0.4, -0.2) is 44.5 Å². The zero-order valence-corrected chi connectivity index (χ0v) is 17.9. The molecule has 0 aromatic heterocycles. The minimum absolute atomic E-state index is 0.103. The number of nitrogens with one attached hydrogen (secondary N) is 2. The molecule has 0 aliphatic carbocycles. The van der Waals surface area contributed by atoms with Gasteiger partial charge in [0.25, 0.3) is 0 Å². The summed E-state index contributed by atoms with van der Waals surface area (Å²) in [6.45, 7) is 0.278. The van der Waals surface area contributed by atoms with Crippen LogP contribution in [0.25, 0.3) is 10.8 Å². The first kappa shape index (κ1) is 21.6. The van der Waals surface area contributed by atoms with Crippen LogP contribution >= 0.6 is 11.6 Å². The molecule has 0 bridgehead atoms. The van der Waals surface area contributed by atoms with Crippen molar-refractivity contribution in [3.8, 4) is 5.75 Å². The lowest BCUT2D eigenvalue weighted by Crippen LogP contribution is -2.40. The minimum atomic E-state index is -0.786. The number of carbonyl (C=O) groups excluding carboxylic acids is 2. The molecule has 30 heavy (non-hydrogen) atoms. The summed E-state index contributed by atoms with van der Waals surface area (Å²) in [4.78, 5) is 26.8. The molecule has 0 saturated heterocycles. The van der Waals surface area contributed by atoms with Crippen LogP contribution in [0, 0.1) is 0 Å². The van der Waals surface area contributed by atoms with E-state index in [1.807, 2.05) is 43.3 Å². The molecule has 3 aromatic rings. The number of carbonyl (C=O) groups is 2. The van der Waals surface area contributed by atoms with E-state index in [1.54, 1.807) is 12.1 Å². The summed E-state index contributed by atoms with van der Waals surface area (Å²) in [7, 11) is 5.36. The molecular weight excluding hydrogens is 402 g/mol. The van der Waals surface area contributed by atoms with Crippen molar-refractivity contribution in [2.45, 2.75) is 6.04 Å². The van der Waals surface area contributed by atoms with Crippen molar-refractivity contribution >= 4 is 39.9 Å². The van der Waals surface area contributed by atoms with Crippen molar-refractivity contribution in [1.29, 1.82) is 0 Å². The maximum Gasteiger partial charge on any atom is 0.313 e. The van der Waals surface area contributed by atoms with Gasteiger partial charge < -0.3 is 20.3 Å². The maximum absolute atomic E-state index is 12.4. The molecule has 0 radical (unpaired) electrons. The molecule has 2 amide bonds. The number of halogens is 1. The number of methoxy groups -OCH3 is 1. The second-order valence-electron chi connectivity index (χ2n) is 7.06. The third kappa shape index (κ3) is 4.90. The summed E-state index contributed by atoms with van der Waals surface area (Å²) < 4.78 is 5.20. The maximum atomic E-state index is 12.4. The molecule has 0 saturated carbocycles. The van der Waals surface area contributed by atoms with Gasteiger partial charge in [-0.2, -0.15) is 0 Å². The number of rotatable bonds is 6. The topological polar surface area (TPSA) is 70.7 Å². The van der Waals surface area contributed by atoms with Crippen molar-refractivity contribution in [3.05, 3.63) is 71.2 Å². The first-order valence-electron chi connectivity index (χ1n) is 9.47. The highest BCUT2D eigenvalue weighted by Crippen LogP contribution is 2.28. The molecule has 3 aromatic carbocycles. The Bertz CT molecular complexity index is 1060. The van der Waals surface area contributed by atoms with Gasteiger partial charge in [0, 0.05) is 11.6 Å². The predicted molar refractivity (Wildman–Crippen MR) is 120 cm³/mol. The average molecular weight is 426 g/mol. The molecule has 0 spiro atoms. The molecule has 1 atom stereocenters. The number of amides is 2. The molecule has 0 aliphatic rings. The zero-order chi connectivity index (χ0) is 21.7. The van der Waals surface area contributed by atoms with E-state index in [0.717, 1.165) is 16.3 Å². The Kier molecular flexibility index (Phi) is 6.92. The van der Waals surface area contributed by atoms with Gasteiger partial charge in [0.05, 0.1) is 18.8 Å². The highest BCUT2D eigenvalue weighted by molar-refractivity contribution is 6.40. The SMILES string of the molecule is COc1ccc(Cl)cc1NC(=O)C(=O)NC[C@@H](c1cccc2ccccc12)N(C)C. The van der Waals surface area contributed by atoms with Gasteiger partial charge in [0.2, 0.25) is 0 Å². The Labute approximate surface area is 180 Å². The lowest BCUT2D eigenvalue weighted by atomic mass is 9.98. The summed E-state index contributed by atoms with van der Waals surface area (Å²) in [6.07, 6.45) is 0. The van der Waals surface area contributed by atoms with Crippen LogP contribution in [0.4, 0.5) is 5.69 Å². The highest BCUT2D eigenvalue weighted by Gasteiger charge is 2.21. The van der Waals surface area contributed by atoms with Crippen LogP contribution in [0.2, 0.25) is 5.02 Å². The lowest BCUT2D eigenvalue weighted by Gasteiger charge is -2.26. The van der Waals surface area contributed by atoms with Crippen LogP contribution in [0.3, 0.4) is 0 Å². The van der Waals surface area contributed by atoms with E-state index in [2.05, 4.69) is 28.8 Å². The van der Waals surface area contributed by atoms with E-state index >= 15 is 0 Å². The summed E-state index contributed by atoms with van der Waals surface area (Å²) in [6, 6.07) is 18.9. The van der Waals surface area contributed by atoms with Crippen molar-refractivity contribution in [3.63, 3.8) is 0 Å². The van der Waals surface area contributed by atoms with Crippen molar-refractivity contribution in [1.82, 2.24) is 10.2 Å². The molecule has 0 fully saturated rings. The fourth-order valence-corrected chi connectivity index (χ4v) is 3.51. The van der Waals surface area contributed by atoms with E-state index < -0.39 is 11.8 Å². The van der Waals surface area contributed by atoms with Gasteiger partial charge in [-0.15, -0.1) is 0 Å². The molecule has 0 unspecified atom stereocenters. The van der Waals surface area contributed by atoms with Crippen molar-refractivity contribution in [2.75, 3.05) is 33.1 Å². The molecule has 6 nitrogen and oxygen atoms in total. The molecule has 3 rings (SSSR count). The van der Waals surface area contributed by atoms with Gasteiger partial charge in [0.1, 0.15) is 5.75 Å². The molecule has 156 valence electrons. The number of hydrogen-bond donors (Lipinski definition) is 2. The lowest BCUT2D eigenvalue weighted by molar-refractivity contribution is -0.136. The minimum Gasteiger partial charge on any atom is -0.495 e. The molecule has 0 aliphatic heterocycles. The third-order valence-electron chi connectivity index (χ3n) is 4.88. The number of hydrogen-bond acceptors (Lipinski definition) is 4. The zero-order valence-electron chi connectivity index (χ0n) is 17.1. The van der Waals surface area contributed by atoms with E-state index in [9.17, 15) is 9.59 Å². The quantitative estimate of drug-likeness (QED) is 0.588. The van der Waals surface area contributed by atoms with Gasteiger partial charge >= 0.3 is 11.8 Å². The van der Waals surface area contributed by atoms with E-state index in [1.165, 1.54) is 13.2 Å². The largest absolute Gasteiger partial charge is 0.495 e. The highest BCUT2D eigenvalue weighted by atomic mass is 35.5.